The fourth-order valence-electron chi connectivity index (χ4n) is 9.72. The zero-order chi connectivity index (χ0) is 40.2. The van der Waals surface area contributed by atoms with Crippen LogP contribution in [0.3, 0.4) is 0 Å². The molecule has 6 heteroatoms. The Bertz CT molecular complexity index is 3010. The molecule has 0 amide bonds. The molecule has 0 saturated heterocycles. The first-order valence-corrected chi connectivity index (χ1v) is 19.9. The number of ether oxygens (including phenoxy) is 2. The van der Waals surface area contributed by atoms with Gasteiger partial charge in [0.1, 0.15) is 46.0 Å². The van der Waals surface area contributed by atoms with Crippen LogP contribution in [0, 0.1) is 0 Å². The summed E-state index contributed by atoms with van der Waals surface area (Å²) in [4.78, 5) is 0. The van der Waals surface area contributed by atoms with Crippen molar-refractivity contribution in [3.05, 3.63) is 203 Å². The van der Waals surface area contributed by atoms with Crippen molar-refractivity contribution in [2.75, 3.05) is 0 Å². The Balaban J connectivity index is 0.989. The van der Waals surface area contributed by atoms with E-state index in [0.29, 0.717) is 0 Å². The Morgan fingerprint density at radius 3 is 0.800 bits per heavy atom. The maximum Gasteiger partial charge on any atom is 0.132 e. The zero-order valence-electron chi connectivity index (χ0n) is 31.9. The van der Waals surface area contributed by atoms with Gasteiger partial charge in [0.15, 0.2) is 0 Å². The summed E-state index contributed by atoms with van der Waals surface area (Å²) in [6, 6.07) is 55.1. The molecular formula is C54H34O6. The van der Waals surface area contributed by atoms with E-state index in [2.05, 4.69) is 48.5 Å². The summed E-state index contributed by atoms with van der Waals surface area (Å²) < 4.78 is 13.2. The molecule has 12 rings (SSSR count). The van der Waals surface area contributed by atoms with Crippen molar-refractivity contribution >= 4 is 43.1 Å². The van der Waals surface area contributed by atoms with Gasteiger partial charge in [0.05, 0.1) is 0 Å². The van der Waals surface area contributed by atoms with E-state index in [0.717, 1.165) is 111 Å². The third-order valence-electron chi connectivity index (χ3n) is 12.4. The van der Waals surface area contributed by atoms with Crippen molar-refractivity contribution in [1.82, 2.24) is 0 Å². The van der Waals surface area contributed by atoms with E-state index in [4.69, 9.17) is 9.47 Å². The Kier molecular flexibility index (Phi) is 7.26. The van der Waals surface area contributed by atoms with Crippen LogP contribution in [0.25, 0.3) is 54.2 Å². The molecule has 0 atom stereocenters. The predicted octanol–water partition coefficient (Wildman–Crippen LogP) is 13.4. The molecule has 0 aromatic heterocycles. The predicted molar refractivity (Wildman–Crippen MR) is 236 cm³/mol. The lowest BCUT2D eigenvalue weighted by Crippen LogP contribution is -2.13. The van der Waals surface area contributed by atoms with Gasteiger partial charge >= 0.3 is 0 Å². The summed E-state index contributed by atoms with van der Waals surface area (Å²) in [6.45, 7) is 0. The molecule has 6 nitrogen and oxygen atoms in total. The van der Waals surface area contributed by atoms with Gasteiger partial charge in [-0.15, -0.1) is 0 Å². The number of hydrogen-bond acceptors (Lipinski definition) is 6. The fraction of sp³-hybridized carbons (Fsp3) is 0.0370. The number of benzene rings is 10. The summed E-state index contributed by atoms with van der Waals surface area (Å²) in [6.07, 6.45) is 0. The third-order valence-corrected chi connectivity index (χ3v) is 12.4. The molecule has 0 unspecified atom stereocenters. The number of phenols is 4. The van der Waals surface area contributed by atoms with Crippen LogP contribution in [0.2, 0.25) is 0 Å². The number of phenolic OH excluding ortho intramolecular Hbond substituents is 4. The normalized spacial score (nSPS) is 13.4. The van der Waals surface area contributed by atoms with Crippen molar-refractivity contribution in [2.24, 2.45) is 0 Å². The van der Waals surface area contributed by atoms with E-state index >= 15 is 0 Å². The summed E-state index contributed by atoms with van der Waals surface area (Å²) >= 11 is 0. The number of rotatable bonds is 3. The largest absolute Gasteiger partial charge is 0.508 e. The van der Waals surface area contributed by atoms with Crippen molar-refractivity contribution in [3.63, 3.8) is 0 Å². The molecule has 10 aromatic carbocycles. The molecule has 2 aliphatic rings. The van der Waals surface area contributed by atoms with Crippen molar-refractivity contribution in [1.29, 1.82) is 0 Å². The average Bonchev–Trinajstić information content (AvgIpc) is 3.27. The molecule has 2 heterocycles. The molecular weight excluding hydrogens is 745 g/mol. The van der Waals surface area contributed by atoms with E-state index < -0.39 is 0 Å². The maximum absolute atomic E-state index is 10.7. The second-order valence-electron chi connectivity index (χ2n) is 15.8. The topological polar surface area (TPSA) is 99.4 Å². The minimum Gasteiger partial charge on any atom is -0.508 e. The quantitative estimate of drug-likeness (QED) is 0.143. The number of fused-ring (bicyclic) bond motifs is 12. The molecule has 0 saturated carbocycles. The molecule has 0 fully saturated rings. The van der Waals surface area contributed by atoms with Crippen LogP contribution in [0.15, 0.2) is 170 Å². The standard InChI is InChI=1S/C54H34O6/c55-37-17-9-31-13-21-45-51(41(31)25-37)49(52-42-26-38(56)18-10-32(42)14-22-46(52)59-45)35-5-1-29(2-6-35)30-3-7-36(8-4-30)50-53-43-27-39(57)19-11-33(43)15-23-47(53)60-48-24-16-34-12-20-40(58)28-44(34)54(48)50/h1-28,49-50,55-58H. The lowest BCUT2D eigenvalue weighted by Gasteiger charge is -2.31. The van der Waals surface area contributed by atoms with Gasteiger partial charge in [-0.1, -0.05) is 97.1 Å². The second-order valence-corrected chi connectivity index (χ2v) is 15.8. The average molecular weight is 779 g/mol. The Labute approximate surface area is 344 Å². The SMILES string of the molecule is Oc1ccc2ccc3c(c2c1)C(c1ccc(-c2ccc(C4c5c(ccc6ccc(O)cc56)Oc5ccc6ccc(O)cc6c54)cc2)cc1)c1c(ccc2ccc(O)cc12)O3. The summed E-state index contributed by atoms with van der Waals surface area (Å²) in [5.74, 6) is 3.13. The molecule has 0 bridgehead atoms. The van der Waals surface area contributed by atoms with Crippen molar-refractivity contribution < 1.29 is 29.9 Å². The highest BCUT2D eigenvalue weighted by Crippen LogP contribution is 2.55. The van der Waals surface area contributed by atoms with Gasteiger partial charge in [-0.05, 0) is 138 Å². The van der Waals surface area contributed by atoms with Crippen LogP contribution in [0.1, 0.15) is 45.2 Å². The smallest absolute Gasteiger partial charge is 0.132 e. The summed E-state index contributed by atoms with van der Waals surface area (Å²) in [5, 5.41) is 50.3. The van der Waals surface area contributed by atoms with Gasteiger partial charge in [-0.3, -0.25) is 0 Å². The molecule has 4 N–H and O–H groups in total. The highest BCUT2D eigenvalue weighted by molar-refractivity contribution is 5.98. The van der Waals surface area contributed by atoms with Gasteiger partial charge in [0, 0.05) is 34.1 Å². The Morgan fingerprint density at radius 1 is 0.283 bits per heavy atom. The monoisotopic (exact) mass is 778 g/mol. The Morgan fingerprint density at radius 2 is 0.533 bits per heavy atom. The summed E-state index contributed by atoms with van der Waals surface area (Å²) in [5.41, 5.74) is 8.03. The van der Waals surface area contributed by atoms with Crippen LogP contribution in [0.4, 0.5) is 0 Å². The van der Waals surface area contributed by atoms with E-state index in [9.17, 15) is 20.4 Å². The van der Waals surface area contributed by atoms with Crippen molar-refractivity contribution in [2.45, 2.75) is 11.8 Å². The number of aromatic hydroxyl groups is 4. The second kappa shape index (κ2) is 12.8. The first-order valence-electron chi connectivity index (χ1n) is 19.9. The van der Waals surface area contributed by atoms with Gasteiger partial charge < -0.3 is 29.9 Å². The van der Waals surface area contributed by atoms with Crippen LogP contribution >= 0.6 is 0 Å². The van der Waals surface area contributed by atoms with Crippen LogP contribution in [0.5, 0.6) is 46.0 Å². The van der Waals surface area contributed by atoms with Gasteiger partial charge in [-0.25, -0.2) is 0 Å². The highest BCUT2D eigenvalue weighted by atomic mass is 16.5. The summed E-state index contributed by atoms with van der Waals surface area (Å²) in [7, 11) is 0. The molecule has 0 spiro atoms. The van der Waals surface area contributed by atoms with Crippen LogP contribution < -0.4 is 9.47 Å². The molecule has 10 aromatic rings. The first-order chi connectivity index (χ1) is 29.3. The van der Waals surface area contributed by atoms with Crippen LogP contribution in [-0.4, -0.2) is 20.4 Å². The van der Waals surface area contributed by atoms with Gasteiger partial charge in [-0.2, -0.15) is 0 Å². The lowest BCUT2D eigenvalue weighted by atomic mass is 9.77. The zero-order valence-corrected chi connectivity index (χ0v) is 31.9. The minimum absolute atomic E-state index is 0.181. The van der Waals surface area contributed by atoms with Gasteiger partial charge in [0.2, 0.25) is 0 Å². The molecule has 2 aliphatic heterocycles. The minimum atomic E-state index is -0.256. The van der Waals surface area contributed by atoms with E-state index in [-0.39, 0.29) is 34.8 Å². The third kappa shape index (κ3) is 5.21. The number of hydrogen-bond donors (Lipinski definition) is 4. The molecule has 286 valence electrons. The van der Waals surface area contributed by atoms with Crippen LogP contribution in [-0.2, 0) is 0 Å². The van der Waals surface area contributed by atoms with Crippen molar-refractivity contribution in [3.8, 4) is 57.1 Å². The Hall–Kier alpha value is -7.96. The van der Waals surface area contributed by atoms with E-state index in [1.807, 2.05) is 72.8 Å². The van der Waals surface area contributed by atoms with E-state index in [1.54, 1.807) is 48.5 Å². The lowest BCUT2D eigenvalue weighted by molar-refractivity contribution is 0.455. The van der Waals surface area contributed by atoms with Gasteiger partial charge in [0.25, 0.3) is 0 Å². The first kappa shape index (κ1) is 34.1. The molecule has 60 heavy (non-hydrogen) atoms. The van der Waals surface area contributed by atoms with E-state index in [1.165, 1.54) is 0 Å². The molecule has 0 radical (unpaired) electrons. The maximum atomic E-state index is 10.7. The highest BCUT2D eigenvalue weighted by Gasteiger charge is 2.34. The molecule has 0 aliphatic carbocycles. The fourth-order valence-corrected chi connectivity index (χ4v) is 9.72.